The van der Waals surface area contributed by atoms with E-state index in [1.54, 1.807) is 13.0 Å². The maximum atomic E-state index is 9.18. The second-order valence-corrected chi connectivity index (χ2v) is 3.30. The standard InChI is InChI=1S/C10H15NO3/c1-7(12)5-11-6-8-2-3-9(13)10(14)4-8/h2-4,7,11-14H,5-6H2,1H3. The number of nitrogens with one attached hydrogen (secondary N) is 1. The number of hydrogen-bond acceptors (Lipinski definition) is 4. The molecule has 0 aliphatic heterocycles. The Morgan fingerprint density at radius 2 is 2.00 bits per heavy atom. The summed E-state index contributed by atoms with van der Waals surface area (Å²) in [6, 6.07) is 4.64. The number of phenols is 2. The first-order chi connectivity index (χ1) is 6.59. The van der Waals surface area contributed by atoms with Crippen molar-refractivity contribution in [3.05, 3.63) is 23.8 Å². The van der Waals surface area contributed by atoms with Crippen LogP contribution in [0, 0.1) is 0 Å². The highest BCUT2D eigenvalue weighted by molar-refractivity contribution is 5.40. The molecule has 1 rings (SSSR count). The number of hydrogen-bond donors (Lipinski definition) is 4. The Morgan fingerprint density at radius 1 is 1.29 bits per heavy atom. The van der Waals surface area contributed by atoms with Gasteiger partial charge < -0.3 is 20.6 Å². The average molecular weight is 197 g/mol. The number of aliphatic hydroxyl groups excluding tert-OH is 1. The van der Waals surface area contributed by atoms with Crippen LogP contribution in [0.3, 0.4) is 0 Å². The van der Waals surface area contributed by atoms with Crippen LogP contribution >= 0.6 is 0 Å². The Labute approximate surface area is 82.8 Å². The van der Waals surface area contributed by atoms with Crippen molar-refractivity contribution in [1.82, 2.24) is 5.32 Å². The summed E-state index contributed by atoms with van der Waals surface area (Å²) < 4.78 is 0. The molecule has 0 spiro atoms. The van der Waals surface area contributed by atoms with Crippen molar-refractivity contribution in [1.29, 1.82) is 0 Å². The average Bonchev–Trinajstić information content (AvgIpc) is 2.10. The third-order valence-corrected chi connectivity index (χ3v) is 1.81. The molecule has 14 heavy (non-hydrogen) atoms. The van der Waals surface area contributed by atoms with Gasteiger partial charge in [0.2, 0.25) is 0 Å². The maximum Gasteiger partial charge on any atom is 0.157 e. The van der Waals surface area contributed by atoms with E-state index in [-0.39, 0.29) is 17.6 Å². The van der Waals surface area contributed by atoms with Gasteiger partial charge in [0.05, 0.1) is 6.10 Å². The van der Waals surface area contributed by atoms with E-state index in [4.69, 9.17) is 10.2 Å². The van der Waals surface area contributed by atoms with Gasteiger partial charge in [-0.3, -0.25) is 0 Å². The van der Waals surface area contributed by atoms with Crippen LogP contribution in [-0.2, 0) is 6.54 Å². The largest absolute Gasteiger partial charge is 0.504 e. The Bertz CT molecular complexity index is 299. The lowest BCUT2D eigenvalue weighted by atomic mass is 10.2. The van der Waals surface area contributed by atoms with E-state index in [1.807, 2.05) is 0 Å². The Kier molecular flexibility index (Phi) is 3.73. The second kappa shape index (κ2) is 4.83. The summed E-state index contributed by atoms with van der Waals surface area (Å²) in [6.45, 7) is 2.75. The number of aromatic hydroxyl groups is 2. The first kappa shape index (κ1) is 10.8. The van der Waals surface area contributed by atoms with Crippen LogP contribution in [0.2, 0.25) is 0 Å². The zero-order valence-electron chi connectivity index (χ0n) is 8.07. The fourth-order valence-electron chi connectivity index (χ4n) is 1.10. The molecule has 4 heteroatoms. The van der Waals surface area contributed by atoms with Gasteiger partial charge in [-0.1, -0.05) is 6.07 Å². The van der Waals surface area contributed by atoms with Crippen molar-refractivity contribution in [2.45, 2.75) is 19.6 Å². The highest BCUT2D eigenvalue weighted by atomic mass is 16.3. The first-order valence-corrected chi connectivity index (χ1v) is 4.49. The molecule has 1 aromatic rings. The van der Waals surface area contributed by atoms with Crippen LogP contribution in [0.25, 0.3) is 0 Å². The van der Waals surface area contributed by atoms with Crippen LogP contribution in [0.1, 0.15) is 12.5 Å². The number of phenolic OH excluding ortho intramolecular Hbond substituents is 2. The fraction of sp³-hybridized carbons (Fsp3) is 0.400. The second-order valence-electron chi connectivity index (χ2n) is 3.30. The third-order valence-electron chi connectivity index (χ3n) is 1.81. The fourth-order valence-corrected chi connectivity index (χ4v) is 1.10. The Morgan fingerprint density at radius 3 is 2.57 bits per heavy atom. The predicted molar refractivity (Wildman–Crippen MR) is 53.2 cm³/mol. The van der Waals surface area contributed by atoms with Crippen molar-refractivity contribution < 1.29 is 15.3 Å². The maximum absolute atomic E-state index is 9.18. The molecule has 78 valence electrons. The van der Waals surface area contributed by atoms with Gasteiger partial charge in [-0.2, -0.15) is 0 Å². The zero-order valence-corrected chi connectivity index (χ0v) is 8.07. The quantitative estimate of drug-likeness (QED) is 0.532. The minimum atomic E-state index is -0.388. The van der Waals surface area contributed by atoms with E-state index in [0.29, 0.717) is 13.1 Å². The Hall–Kier alpha value is -1.26. The first-order valence-electron chi connectivity index (χ1n) is 4.49. The summed E-state index contributed by atoms with van der Waals surface area (Å²) in [5.74, 6) is -0.245. The van der Waals surface area contributed by atoms with Gasteiger partial charge in [0.15, 0.2) is 11.5 Å². The lowest BCUT2D eigenvalue weighted by Gasteiger charge is -2.07. The number of aliphatic hydroxyl groups is 1. The van der Waals surface area contributed by atoms with Crippen molar-refractivity contribution in [3.63, 3.8) is 0 Å². The normalized spacial score (nSPS) is 12.7. The third kappa shape index (κ3) is 3.24. The highest BCUT2D eigenvalue weighted by Gasteiger charge is 2.00. The van der Waals surface area contributed by atoms with Crippen LogP contribution < -0.4 is 5.32 Å². The van der Waals surface area contributed by atoms with Gasteiger partial charge in [-0.15, -0.1) is 0 Å². The molecule has 0 bridgehead atoms. The van der Waals surface area contributed by atoms with Crippen molar-refractivity contribution in [2.24, 2.45) is 0 Å². The molecular weight excluding hydrogens is 182 g/mol. The SMILES string of the molecule is CC(O)CNCc1ccc(O)c(O)c1. The predicted octanol–water partition coefficient (Wildman–Crippen LogP) is 0.568. The molecule has 4 N–H and O–H groups in total. The van der Waals surface area contributed by atoms with E-state index in [2.05, 4.69) is 5.32 Å². The van der Waals surface area contributed by atoms with Crippen molar-refractivity contribution >= 4 is 0 Å². The molecule has 0 saturated heterocycles. The molecule has 0 fully saturated rings. The van der Waals surface area contributed by atoms with Gasteiger partial charge >= 0.3 is 0 Å². The van der Waals surface area contributed by atoms with Crippen LogP contribution in [0.15, 0.2) is 18.2 Å². The topological polar surface area (TPSA) is 72.7 Å². The smallest absolute Gasteiger partial charge is 0.157 e. The summed E-state index contributed by atoms with van der Waals surface area (Å²) in [5, 5.41) is 30.2. The molecule has 0 aromatic heterocycles. The van der Waals surface area contributed by atoms with E-state index in [0.717, 1.165) is 5.56 Å². The molecule has 0 aliphatic carbocycles. The molecule has 4 nitrogen and oxygen atoms in total. The molecule has 0 amide bonds. The molecule has 1 unspecified atom stereocenters. The lowest BCUT2D eigenvalue weighted by Crippen LogP contribution is -2.23. The molecular formula is C10H15NO3. The summed E-state index contributed by atoms with van der Waals surface area (Å²) in [5.41, 5.74) is 0.862. The van der Waals surface area contributed by atoms with Gasteiger partial charge in [0, 0.05) is 13.1 Å². The van der Waals surface area contributed by atoms with Gasteiger partial charge in [-0.25, -0.2) is 0 Å². The van der Waals surface area contributed by atoms with E-state index in [9.17, 15) is 5.11 Å². The lowest BCUT2D eigenvalue weighted by molar-refractivity contribution is 0.191. The monoisotopic (exact) mass is 197 g/mol. The van der Waals surface area contributed by atoms with Gasteiger partial charge in [0.25, 0.3) is 0 Å². The van der Waals surface area contributed by atoms with Crippen LogP contribution in [0.4, 0.5) is 0 Å². The minimum Gasteiger partial charge on any atom is -0.504 e. The van der Waals surface area contributed by atoms with E-state index < -0.39 is 0 Å². The summed E-state index contributed by atoms with van der Waals surface area (Å²) >= 11 is 0. The molecule has 0 radical (unpaired) electrons. The minimum absolute atomic E-state index is 0.121. The zero-order chi connectivity index (χ0) is 10.6. The van der Waals surface area contributed by atoms with Crippen LogP contribution in [-0.4, -0.2) is 28.0 Å². The van der Waals surface area contributed by atoms with Gasteiger partial charge in [-0.05, 0) is 24.6 Å². The highest BCUT2D eigenvalue weighted by Crippen LogP contribution is 2.24. The Balaban J connectivity index is 2.47. The van der Waals surface area contributed by atoms with Gasteiger partial charge in [0.1, 0.15) is 0 Å². The van der Waals surface area contributed by atoms with Crippen molar-refractivity contribution in [2.75, 3.05) is 6.54 Å². The van der Waals surface area contributed by atoms with E-state index >= 15 is 0 Å². The summed E-state index contributed by atoms with van der Waals surface area (Å²) in [4.78, 5) is 0. The molecule has 0 aliphatic rings. The molecule has 0 heterocycles. The van der Waals surface area contributed by atoms with Crippen molar-refractivity contribution in [3.8, 4) is 11.5 Å². The van der Waals surface area contributed by atoms with Crippen LogP contribution in [0.5, 0.6) is 11.5 Å². The molecule has 1 atom stereocenters. The van der Waals surface area contributed by atoms with E-state index in [1.165, 1.54) is 12.1 Å². The summed E-state index contributed by atoms with van der Waals surface area (Å²) in [7, 11) is 0. The summed E-state index contributed by atoms with van der Waals surface area (Å²) in [6.07, 6.45) is -0.388. The molecule has 1 aromatic carbocycles. The number of rotatable bonds is 4. The number of benzene rings is 1. The molecule has 0 saturated carbocycles.